The van der Waals surface area contributed by atoms with Crippen LogP contribution >= 0.6 is 0 Å². The molecule has 2 rings (SSSR count). The van der Waals surface area contributed by atoms with Crippen molar-refractivity contribution in [2.45, 2.75) is 18.2 Å². The summed E-state index contributed by atoms with van der Waals surface area (Å²) in [5.41, 5.74) is 6.99. The molecule has 174 valence electrons. The third-order valence-corrected chi connectivity index (χ3v) is 6.45. The van der Waals surface area contributed by atoms with Crippen molar-refractivity contribution in [1.82, 2.24) is 0 Å². The summed E-state index contributed by atoms with van der Waals surface area (Å²) < 4.78 is 46.9. The first-order valence-electron chi connectivity index (χ1n) is 9.47. The summed E-state index contributed by atoms with van der Waals surface area (Å²) in [6.45, 7) is 1.48. The Labute approximate surface area is 187 Å². The van der Waals surface area contributed by atoms with Crippen molar-refractivity contribution in [2.24, 2.45) is 5.73 Å². The number of hydrogen-bond donors (Lipinski definition) is 2. The molecule has 0 bridgehead atoms. The van der Waals surface area contributed by atoms with Gasteiger partial charge in [0.25, 0.3) is 0 Å². The average molecular weight is 466 g/mol. The SMILES string of the molecule is COc1cc(OC)c(/C=C/S(=O)(=O)C(N)c2ccc(OC)c(C(C)C(=O)O)c2)c(OC)c1. The van der Waals surface area contributed by atoms with Crippen molar-refractivity contribution < 1.29 is 37.3 Å². The molecule has 2 atom stereocenters. The highest BCUT2D eigenvalue weighted by atomic mass is 32.2. The van der Waals surface area contributed by atoms with E-state index in [4.69, 9.17) is 24.7 Å². The van der Waals surface area contributed by atoms with E-state index in [9.17, 15) is 18.3 Å². The molecular weight excluding hydrogens is 438 g/mol. The van der Waals surface area contributed by atoms with Gasteiger partial charge in [0.15, 0.2) is 9.84 Å². The molecule has 0 aliphatic rings. The molecular formula is C22H27NO8S. The van der Waals surface area contributed by atoms with Gasteiger partial charge < -0.3 is 29.8 Å². The molecule has 0 aromatic heterocycles. The van der Waals surface area contributed by atoms with Crippen molar-refractivity contribution in [2.75, 3.05) is 28.4 Å². The van der Waals surface area contributed by atoms with Crippen LogP contribution in [-0.2, 0) is 14.6 Å². The lowest BCUT2D eigenvalue weighted by Crippen LogP contribution is -2.20. The van der Waals surface area contributed by atoms with Crippen LogP contribution < -0.4 is 24.7 Å². The summed E-state index contributed by atoms with van der Waals surface area (Å²) in [5.74, 6) is -0.477. The van der Waals surface area contributed by atoms with Gasteiger partial charge in [-0.15, -0.1) is 0 Å². The van der Waals surface area contributed by atoms with E-state index in [2.05, 4.69) is 0 Å². The lowest BCUT2D eigenvalue weighted by atomic mass is 9.98. The molecule has 0 aliphatic carbocycles. The van der Waals surface area contributed by atoms with Crippen LogP contribution in [0.1, 0.15) is 34.9 Å². The predicted octanol–water partition coefficient (Wildman–Crippen LogP) is 2.95. The molecule has 0 aliphatic heterocycles. The smallest absolute Gasteiger partial charge is 0.310 e. The van der Waals surface area contributed by atoms with E-state index in [0.717, 1.165) is 5.41 Å². The van der Waals surface area contributed by atoms with E-state index < -0.39 is 27.1 Å². The van der Waals surface area contributed by atoms with Gasteiger partial charge in [0.2, 0.25) is 0 Å². The van der Waals surface area contributed by atoms with E-state index in [-0.39, 0.29) is 5.56 Å². The fourth-order valence-electron chi connectivity index (χ4n) is 3.04. The second-order valence-electron chi connectivity index (χ2n) is 6.82. The highest BCUT2D eigenvalue weighted by Gasteiger charge is 2.25. The third kappa shape index (κ3) is 5.32. The Bertz CT molecular complexity index is 1090. The number of sulfone groups is 1. The maximum atomic E-state index is 12.9. The molecule has 32 heavy (non-hydrogen) atoms. The minimum Gasteiger partial charge on any atom is -0.496 e. The number of carboxylic acids is 1. The minimum absolute atomic E-state index is 0.229. The van der Waals surface area contributed by atoms with Crippen LogP contribution in [0.5, 0.6) is 23.0 Å². The summed E-state index contributed by atoms with van der Waals surface area (Å²) in [5, 5.41) is 8.88. The number of nitrogens with two attached hydrogens (primary N) is 1. The normalized spacial score (nSPS) is 13.4. The van der Waals surface area contributed by atoms with Crippen molar-refractivity contribution >= 4 is 21.9 Å². The molecule has 9 nitrogen and oxygen atoms in total. The molecule has 0 spiro atoms. The van der Waals surface area contributed by atoms with Crippen molar-refractivity contribution in [3.63, 3.8) is 0 Å². The Kier molecular flexibility index (Phi) is 8.12. The molecule has 0 radical (unpaired) electrons. The van der Waals surface area contributed by atoms with Crippen molar-refractivity contribution in [1.29, 1.82) is 0 Å². The first-order valence-corrected chi connectivity index (χ1v) is 11.1. The van der Waals surface area contributed by atoms with Crippen LogP contribution in [0.25, 0.3) is 6.08 Å². The summed E-state index contributed by atoms with van der Waals surface area (Å²) in [7, 11) is 1.78. The molecule has 0 amide bonds. The van der Waals surface area contributed by atoms with Gasteiger partial charge in [-0.25, -0.2) is 8.42 Å². The van der Waals surface area contributed by atoms with Crippen LogP contribution in [0.2, 0.25) is 0 Å². The van der Waals surface area contributed by atoms with Gasteiger partial charge in [-0.2, -0.15) is 0 Å². The fourth-order valence-corrected chi connectivity index (χ4v) is 4.06. The van der Waals surface area contributed by atoms with Gasteiger partial charge in [0.1, 0.15) is 28.4 Å². The van der Waals surface area contributed by atoms with E-state index in [1.165, 1.54) is 59.6 Å². The lowest BCUT2D eigenvalue weighted by Gasteiger charge is -2.17. The molecule has 0 fully saturated rings. The Hall–Kier alpha value is -3.24. The summed E-state index contributed by atoms with van der Waals surface area (Å²) >= 11 is 0. The number of ether oxygens (including phenoxy) is 4. The number of carbonyl (C=O) groups is 1. The highest BCUT2D eigenvalue weighted by Crippen LogP contribution is 2.36. The molecule has 10 heteroatoms. The fraction of sp³-hybridized carbons (Fsp3) is 0.318. The van der Waals surface area contributed by atoms with E-state index in [0.29, 0.717) is 34.1 Å². The molecule has 2 unspecified atom stereocenters. The second kappa shape index (κ2) is 10.4. The molecule has 0 saturated carbocycles. The standard InChI is InChI=1S/C22H27NO8S/c1-13(22(24)25)17-10-14(6-7-18(17)29-3)21(23)32(26,27)9-8-16-19(30-4)11-15(28-2)12-20(16)31-5/h6-13,21H,23H2,1-5H3,(H,24,25)/b9-8+. The Morgan fingerprint density at radius 2 is 1.53 bits per heavy atom. The second-order valence-corrected chi connectivity index (χ2v) is 8.78. The van der Waals surface area contributed by atoms with Gasteiger partial charge in [0, 0.05) is 23.1 Å². The number of methoxy groups -OCH3 is 4. The van der Waals surface area contributed by atoms with Crippen LogP contribution in [0.3, 0.4) is 0 Å². The number of rotatable bonds is 10. The number of aliphatic carboxylic acids is 1. The van der Waals surface area contributed by atoms with E-state index in [1.54, 1.807) is 12.1 Å². The lowest BCUT2D eigenvalue weighted by molar-refractivity contribution is -0.138. The monoisotopic (exact) mass is 465 g/mol. The van der Waals surface area contributed by atoms with Gasteiger partial charge in [-0.3, -0.25) is 4.79 Å². The maximum Gasteiger partial charge on any atom is 0.310 e. The van der Waals surface area contributed by atoms with Crippen molar-refractivity contribution in [3.8, 4) is 23.0 Å². The topological polar surface area (TPSA) is 134 Å². The van der Waals surface area contributed by atoms with Crippen LogP contribution in [0, 0.1) is 0 Å². The number of benzene rings is 2. The molecule has 0 saturated heterocycles. The molecule has 3 N–H and O–H groups in total. The maximum absolute atomic E-state index is 12.9. The minimum atomic E-state index is -3.99. The van der Waals surface area contributed by atoms with Gasteiger partial charge in [-0.1, -0.05) is 6.07 Å². The first kappa shape index (κ1) is 25.0. The molecule has 2 aromatic carbocycles. The van der Waals surface area contributed by atoms with Gasteiger partial charge in [0.05, 0.1) is 39.9 Å². The molecule has 0 heterocycles. The summed E-state index contributed by atoms with van der Waals surface area (Å²) in [6.07, 6.45) is 1.33. The van der Waals surface area contributed by atoms with E-state index >= 15 is 0 Å². The predicted molar refractivity (Wildman–Crippen MR) is 120 cm³/mol. The van der Waals surface area contributed by atoms with Crippen LogP contribution in [-0.4, -0.2) is 47.9 Å². The van der Waals surface area contributed by atoms with Gasteiger partial charge >= 0.3 is 5.97 Å². The molecule has 2 aromatic rings. The first-order chi connectivity index (χ1) is 15.1. The zero-order valence-electron chi connectivity index (χ0n) is 18.5. The number of hydrogen-bond acceptors (Lipinski definition) is 8. The Balaban J connectivity index is 2.46. The summed E-state index contributed by atoms with van der Waals surface area (Å²) in [4.78, 5) is 11.4. The quantitative estimate of drug-likeness (QED) is 0.543. The van der Waals surface area contributed by atoms with Crippen molar-refractivity contribution in [3.05, 3.63) is 52.4 Å². The zero-order valence-corrected chi connectivity index (χ0v) is 19.3. The number of carboxylic acid groups (broad SMARTS) is 1. The van der Waals surface area contributed by atoms with Crippen LogP contribution in [0.4, 0.5) is 0 Å². The summed E-state index contributed by atoms with van der Waals surface area (Å²) in [6, 6.07) is 7.61. The highest BCUT2D eigenvalue weighted by molar-refractivity contribution is 7.94. The largest absolute Gasteiger partial charge is 0.496 e. The third-order valence-electron chi connectivity index (χ3n) is 4.95. The Morgan fingerprint density at radius 3 is 2.00 bits per heavy atom. The van der Waals surface area contributed by atoms with Gasteiger partial charge in [-0.05, 0) is 30.7 Å². The zero-order chi connectivity index (χ0) is 24.1. The average Bonchev–Trinajstić information content (AvgIpc) is 2.80. The van der Waals surface area contributed by atoms with Crippen LogP contribution in [0.15, 0.2) is 35.7 Å². The Morgan fingerprint density at radius 1 is 0.969 bits per heavy atom. The van der Waals surface area contributed by atoms with E-state index in [1.807, 2.05) is 0 Å².